The van der Waals surface area contributed by atoms with Crippen molar-refractivity contribution in [3.8, 4) is 0 Å². The van der Waals surface area contributed by atoms with E-state index in [4.69, 9.17) is 14.2 Å². The summed E-state index contributed by atoms with van der Waals surface area (Å²) in [6, 6.07) is 0. The minimum atomic E-state index is -0.864. The Labute approximate surface area is 219 Å². The zero-order valence-corrected chi connectivity index (χ0v) is 24.0. The van der Waals surface area contributed by atoms with Crippen LogP contribution in [0.2, 0.25) is 0 Å². The minimum absolute atomic E-state index is 0.102. The third-order valence-electron chi connectivity index (χ3n) is 12.8. The van der Waals surface area contributed by atoms with Crippen LogP contribution in [0.25, 0.3) is 0 Å². The number of rotatable bonds is 6. The molecule has 12 unspecified atom stereocenters. The van der Waals surface area contributed by atoms with Crippen LogP contribution in [0.15, 0.2) is 0 Å². The molecular weight excluding hydrogens is 452 g/mol. The molecule has 5 fully saturated rings. The predicted octanol–water partition coefficient (Wildman–Crippen LogP) is 6.36. The molecule has 0 amide bonds. The Morgan fingerprint density at radius 1 is 1.08 bits per heavy atom. The lowest BCUT2D eigenvalue weighted by Gasteiger charge is -2.62. The van der Waals surface area contributed by atoms with Crippen molar-refractivity contribution in [2.24, 2.45) is 52.3 Å². The zero-order chi connectivity index (χ0) is 26.1. The van der Waals surface area contributed by atoms with Crippen LogP contribution in [0.5, 0.6) is 0 Å². The van der Waals surface area contributed by atoms with E-state index in [0.29, 0.717) is 30.3 Å². The van der Waals surface area contributed by atoms with E-state index in [0.717, 1.165) is 37.0 Å². The monoisotopic (exact) mass is 504 g/mol. The van der Waals surface area contributed by atoms with Crippen LogP contribution in [0, 0.1) is 52.3 Å². The number of methoxy groups -OCH3 is 1. The van der Waals surface area contributed by atoms with E-state index in [1.165, 1.54) is 45.4 Å². The largest absolute Gasteiger partial charge is 0.466 e. The van der Waals surface area contributed by atoms with Gasteiger partial charge in [0.05, 0.1) is 12.7 Å². The average Bonchev–Trinajstić information content (AvgIpc) is 3.20. The SMILES string of the molecule is COC1(CCC(C)COC(C)=O)OC2CC3C4CCC5CC(C)CCC5(C)C4CCC3(C)C2(O)C1C. The fourth-order valence-electron chi connectivity index (χ4n) is 10.5. The summed E-state index contributed by atoms with van der Waals surface area (Å²) < 4.78 is 18.2. The van der Waals surface area contributed by atoms with E-state index in [9.17, 15) is 9.90 Å². The second kappa shape index (κ2) is 9.23. The fraction of sp³-hybridized carbons (Fsp3) is 0.968. The van der Waals surface area contributed by atoms with Crippen molar-refractivity contribution >= 4 is 5.97 Å². The molecular formula is C31H52O5. The molecule has 1 heterocycles. The third kappa shape index (κ3) is 3.76. The Bertz CT molecular complexity index is 845. The summed E-state index contributed by atoms with van der Waals surface area (Å²) >= 11 is 0. The molecule has 5 nitrogen and oxygen atoms in total. The lowest BCUT2D eigenvalue weighted by atomic mass is 9.43. The number of fused-ring (bicyclic) bond motifs is 7. The fourth-order valence-corrected chi connectivity index (χ4v) is 10.5. The molecule has 0 spiro atoms. The van der Waals surface area contributed by atoms with Crippen LogP contribution in [-0.2, 0) is 19.0 Å². The Balaban J connectivity index is 1.34. The summed E-state index contributed by atoms with van der Waals surface area (Å²) in [5.41, 5.74) is -0.512. The first-order valence-electron chi connectivity index (χ1n) is 15.0. The first-order valence-corrected chi connectivity index (χ1v) is 15.0. The Kier molecular flexibility index (Phi) is 6.90. The van der Waals surface area contributed by atoms with Gasteiger partial charge in [0.1, 0.15) is 5.60 Å². The zero-order valence-electron chi connectivity index (χ0n) is 24.0. The van der Waals surface area contributed by atoms with Crippen molar-refractivity contribution < 1.29 is 24.1 Å². The third-order valence-corrected chi connectivity index (χ3v) is 12.8. The van der Waals surface area contributed by atoms with Gasteiger partial charge in [-0.3, -0.25) is 4.79 Å². The highest BCUT2D eigenvalue weighted by molar-refractivity contribution is 5.65. The maximum atomic E-state index is 12.6. The molecule has 206 valence electrons. The molecule has 0 aromatic heterocycles. The van der Waals surface area contributed by atoms with Crippen LogP contribution in [-0.4, -0.2) is 42.3 Å². The van der Waals surface area contributed by atoms with E-state index in [1.54, 1.807) is 7.11 Å². The molecule has 0 aromatic rings. The molecule has 36 heavy (non-hydrogen) atoms. The smallest absolute Gasteiger partial charge is 0.302 e. The van der Waals surface area contributed by atoms with Crippen molar-refractivity contribution in [3.63, 3.8) is 0 Å². The molecule has 1 saturated heterocycles. The number of carbonyl (C=O) groups is 1. The Morgan fingerprint density at radius 3 is 2.53 bits per heavy atom. The summed E-state index contributed by atoms with van der Waals surface area (Å²) in [7, 11) is 1.74. The van der Waals surface area contributed by atoms with Gasteiger partial charge in [0.25, 0.3) is 0 Å². The van der Waals surface area contributed by atoms with Crippen LogP contribution in [0.4, 0.5) is 0 Å². The van der Waals surface area contributed by atoms with E-state index in [1.807, 2.05) is 0 Å². The van der Waals surface area contributed by atoms with Gasteiger partial charge in [-0.05, 0) is 92.3 Å². The first kappa shape index (κ1) is 26.9. The van der Waals surface area contributed by atoms with Crippen LogP contribution < -0.4 is 0 Å². The van der Waals surface area contributed by atoms with Gasteiger partial charge in [-0.15, -0.1) is 0 Å². The molecule has 5 aliphatic rings. The normalized spacial score (nSPS) is 52.6. The molecule has 5 heteroatoms. The van der Waals surface area contributed by atoms with Crippen LogP contribution >= 0.6 is 0 Å². The molecule has 5 rings (SSSR count). The first-order chi connectivity index (χ1) is 16.9. The minimum Gasteiger partial charge on any atom is -0.466 e. The number of hydrogen-bond acceptors (Lipinski definition) is 5. The quantitative estimate of drug-likeness (QED) is 0.426. The topological polar surface area (TPSA) is 65.0 Å². The van der Waals surface area contributed by atoms with Gasteiger partial charge in [0, 0.05) is 31.8 Å². The molecule has 0 bridgehead atoms. The lowest BCUT2D eigenvalue weighted by molar-refractivity contribution is -0.242. The number of carbonyl (C=O) groups excluding carboxylic acids is 1. The highest BCUT2D eigenvalue weighted by Gasteiger charge is 2.76. The second-order valence-corrected chi connectivity index (χ2v) is 14.3. The van der Waals surface area contributed by atoms with Gasteiger partial charge in [-0.25, -0.2) is 0 Å². The lowest BCUT2D eigenvalue weighted by Crippen LogP contribution is -2.60. The van der Waals surface area contributed by atoms with E-state index < -0.39 is 11.4 Å². The number of aliphatic hydroxyl groups is 1. The predicted molar refractivity (Wildman–Crippen MR) is 140 cm³/mol. The molecule has 4 aliphatic carbocycles. The molecule has 0 radical (unpaired) electrons. The Morgan fingerprint density at radius 2 is 1.83 bits per heavy atom. The molecule has 12 atom stereocenters. The Hall–Kier alpha value is -0.650. The summed E-state index contributed by atoms with van der Waals surface area (Å²) in [5, 5.41) is 12.6. The number of esters is 1. The second-order valence-electron chi connectivity index (χ2n) is 14.3. The van der Waals surface area contributed by atoms with Gasteiger partial charge in [-0.2, -0.15) is 0 Å². The van der Waals surface area contributed by atoms with E-state index in [2.05, 4.69) is 34.6 Å². The summed E-state index contributed by atoms with van der Waals surface area (Å²) in [5.74, 6) is 2.92. The summed E-state index contributed by atoms with van der Waals surface area (Å²) in [6.07, 6.45) is 11.6. The number of ether oxygens (including phenoxy) is 3. The molecule has 1 N–H and O–H groups in total. The number of hydrogen-bond donors (Lipinski definition) is 1. The van der Waals surface area contributed by atoms with Gasteiger partial charge in [-0.1, -0.05) is 41.0 Å². The van der Waals surface area contributed by atoms with Gasteiger partial charge >= 0.3 is 5.97 Å². The van der Waals surface area contributed by atoms with Crippen molar-refractivity contribution in [2.45, 2.75) is 123 Å². The van der Waals surface area contributed by atoms with Crippen molar-refractivity contribution in [1.82, 2.24) is 0 Å². The molecule has 1 aliphatic heterocycles. The maximum Gasteiger partial charge on any atom is 0.302 e. The molecule has 4 saturated carbocycles. The highest BCUT2D eigenvalue weighted by Crippen LogP contribution is 2.72. The molecule has 0 aromatic carbocycles. The summed E-state index contributed by atoms with van der Waals surface area (Å²) in [4.78, 5) is 11.2. The maximum absolute atomic E-state index is 12.6. The van der Waals surface area contributed by atoms with Gasteiger partial charge in [0.2, 0.25) is 0 Å². The highest BCUT2D eigenvalue weighted by atomic mass is 16.7. The average molecular weight is 505 g/mol. The van der Waals surface area contributed by atoms with Crippen molar-refractivity contribution in [2.75, 3.05) is 13.7 Å². The van der Waals surface area contributed by atoms with Crippen molar-refractivity contribution in [1.29, 1.82) is 0 Å². The van der Waals surface area contributed by atoms with Crippen LogP contribution in [0.1, 0.15) is 106 Å². The van der Waals surface area contributed by atoms with Gasteiger partial charge in [0.15, 0.2) is 5.79 Å². The van der Waals surface area contributed by atoms with Gasteiger partial charge < -0.3 is 19.3 Å². The standard InChI is InChI=1S/C31H52O5/c1-19-10-13-28(5)23(16-19)8-9-24-25(28)12-14-29(6)26(24)17-27-31(29,33)21(3)30(34-7,36-27)15-11-20(2)18-35-22(4)32/h19-21,23-27,33H,8-18H2,1-7H3. The van der Waals surface area contributed by atoms with Crippen LogP contribution in [0.3, 0.4) is 0 Å². The van der Waals surface area contributed by atoms with E-state index >= 15 is 0 Å². The summed E-state index contributed by atoms with van der Waals surface area (Å²) in [6.45, 7) is 13.6. The van der Waals surface area contributed by atoms with E-state index in [-0.39, 0.29) is 29.3 Å². The van der Waals surface area contributed by atoms with Crippen molar-refractivity contribution in [3.05, 3.63) is 0 Å².